The predicted octanol–water partition coefficient (Wildman–Crippen LogP) is 1.86. The van der Waals surface area contributed by atoms with Crippen LogP contribution in [0.2, 0.25) is 0 Å². The van der Waals surface area contributed by atoms with E-state index in [1.807, 2.05) is 13.8 Å². The molecule has 31 heavy (non-hydrogen) atoms. The van der Waals surface area contributed by atoms with Crippen molar-refractivity contribution in [2.75, 3.05) is 11.5 Å². The van der Waals surface area contributed by atoms with E-state index in [-0.39, 0.29) is 23.0 Å². The molecule has 1 aliphatic rings. The minimum absolute atomic E-state index is 0.0280. The molecule has 4 rings (SSSR count). The predicted molar refractivity (Wildman–Crippen MR) is 118 cm³/mol. The average molecular weight is 440 g/mol. The van der Waals surface area contributed by atoms with Crippen molar-refractivity contribution >= 4 is 40.8 Å². The number of hydrazine groups is 1. The van der Waals surface area contributed by atoms with Crippen LogP contribution in [-0.2, 0) is 4.74 Å². The van der Waals surface area contributed by atoms with Gasteiger partial charge >= 0.3 is 6.09 Å². The number of cyclic esters (lactones) is 1. The third kappa shape index (κ3) is 3.99. The summed E-state index contributed by atoms with van der Waals surface area (Å²) in [6.07, 6.45) is 3.04. The Hall–Kier alpha value is -3.73. The zero-order valence-electron chi connectivity index (χ0n) is 16.9. The standard InChI is InChI=1S/C20H21N7O3S/c1-11(2)15-10-30-20(29)27(15)16-7-8-26-17(23-16)14(9-22-26)12-3-5-13(6-4-12)18(28)24-25-19(21)31/h3-9,11,15H,10H2,1-2H3,(H,24,28)(H3,21,25,31). The molecule has 160 valence electrons. The van der Waals surface area contributed by atoms with Crippen LogP contribution in [0.5, 0.6) is 0 Å². The van der Waals surface area contributed by atoms with Gasteiger partial charge in [-0.2, -0.15) is 5.10 Å². The quantitative estimate of drug-likeness (QED) is 0.415. The molecule has 11 heteroatoms. The first-order chi connectivity index (χ1) is 14.8. The van der Waals surface area contributed by atoms with Crippen LogP contribution in [0.1, 0.15) is 24.2 Å². The van der Waals surface area contributed by atoms with Gasteiger partial charge in [0.25, 0.3) is 5.91 Å². The second-order valence-electron chi connectivity index (χ2n) is 7.39. The monoisotopic (exact) mass is 439 g/mol. The third-order valence-electron chi connectivity index (χ3n) is 5.03. The first-order valence-electron chi connectivity index (χ1n) is 9.61. The topological polar surface area (TPSA) is 127 Å². The first-order valence-corrected chi connectivity index (χ1v) is 10.0. The van der Waals surface area contributed by atoms with E-state index in [0.717, 1.165) is 11.1 Å². The number of carbonyl (C=O) groups is 2. The number of carbonyl (C=O) groups excluding carboxylic acids is 2. The van der Waals surface area contributed by atoms with E-state index in [4.69, 9.17) is 15.5 Å². The van der Waals surface area contributed by atoms with E-state index in [1.54, 1.807) is 52.1 Å². The molecular weight excluding hydrogens is 418 g/mol. The molecule has 0 saturated carbocycles. The fourth-order valence-electron chi connectivity index (χ4n) is 3.38. The van der Waals surface area contributed by atoms with Crippen LogP contribution >= 0.6 is 12.2 Å². The molecule has 1 fully saturated rings. The van der Waals surface area contributed by atoms with Crippen LogP contribution in [0, 0.1) is 5.92 Å². The highest BCUT2D eigenvalue weighted by Crippen LogP contribution is 2.29. The number of rotatable bonds is 4. The van der Waals surface area contributed by atoms with Crippen molar-refractivity contribution in [2.24, 2.45) is 11.7 Å². The minimum atomic E-state index is -0.405. The number of amides is 2. The number of nitrogens with one attached hydrogen (secondary N) is 2. The second kappa shape index (κ2) is 8.19. The van der Waals surface area contributed by atoms with Crippen molar-refractivity contribution in [2.45, 2.75) is 19.9 Å². The molecule has 10 nitrogen and oxygen atoms in total. The smallest absolute Gasteiger partial charge is 0.415 e. The largest absolute Gasteiger partial charge is 0.447 e. The lowest BCUT2D eigenvalue weighted by molar-refractivity contribution is 0.0944. The molecule has 2 amide bonds. The zero-order chi connectivity index (χ0) is 22.1. The summed E-state index contributed by atoms with van der Waals surface area (Å²) >= 11 is 4.67. The maximum atomic E-state index is 12.3. The second-order valence-corrected chi connectivity index (χ2v) is 7.83. The number of aromatic nitrogens is 3. The number of hydrogen-bond acceptors (Lipinski definition) is 6. The maximum Gasteiger partial charge on any atom is 0.415 e. The lowest BCUT2D eigenvalue weighted by Crippen LogP contribution is -2.44. The molecule has 4 N–H and O–H groups in total. The lowest BCUT2D eigenvalue weighted by Gasteiger charge is -2.23. The number of anilines is 1. The third-order valence-corrected chi connectivity index (χ3v) is 5.14. The Labute approximate surface area is 183 Å². The van der Waals surface area contributed by atoms with Crippen LogP contribution in [0.4, 0.5) is 10.6 Å². The molecule has 1 atom stereocenters. The van der Waals surface area contributed by atoms with Crippen molar-refractivity contribution in [3.63, 3.8) is 0 Å². The fourth-order valence-corrected chi connectivity index (χ4v) is 3.43. The van der Waals surface area contributed by atoms with Crippen LogP contribution in [-0.4, -0.2) is 44.4 Å². The molecule has 2 aromatic heterocycles. The van der Waals surface area contributed by atoms with Gasteiger partial charge < -0.3 is 10.5 Å². The Kier molecular flexibility index (Phi) is 5.42. The van der Waals surface area contributed by atoms with E-state index in [2.05, 4.69) is 28.2 Å². The lowest BCUT2D eigenvalue weighted by atomic mass is 10.0. The number of fused-ring (bicyclic) bond motifs is 1. The highest BCUT2D eigenvalue weighted by Gasteiger charge is 2.37. The minimum Gasteiger partial charge on any atom is -0.447 e. The highest BCUT2D eigenvalue weighted by molar-refractivity contribution is 7.80. The Morgan fingerprint density at radius 1 is 1.26 bits per heavy atom. The number of benzene rings is 1. The molecule has 0 radical (unpaired) electrons. The van der Waals surface area contributed by atoms with E-state index in [9.17, 15) is 9.59 Å². The van der Waals surface area contributed by atoms with Crippen molar-refractivity contribution in [1.29, 1.82) is 0 Å². The van der Waals surface area contributed by atoms with Gasteiger partial charge in [0.2, 0.25) is 0 Å². The summed E-state index contributed by atoms with van der Waals surface area (Å²) in [7, 11) is 0. The molecule has 1 aromatic carbocycles. The first kappa shape index (κ1) is 20.5. The molecule has 0 spiro atoms. The Morgan fingerprint density at radius 2 is 2.00 bits per heavy atom. The van der Waals surface area contributed by atoms with Gasteiger partial charge in [0.1, 0.15) is 12.4 Å². The van der Waals surface area contributed by atoms with Gasteiger partial charge in [-0.25, -0.2) is 14.3 Å². The highest BCUT2D eigenvalue weighted by atomic mass is 32.1. The van der Waals surface area contributed by atoms with Gasteiger partial charge in [-0.05, 0) is 41.9 Å². The van der Waals surface area contributed by atoms with E-state index >= 15 is 0 Å². The molecule has 3 heterocycles. The maximum absolute atomic E-state index is 12.3. The van der Waals surface area contributed by atoms with Gasteiger partial charge in [0.05, 0.1) is 12.2 Å². The zero-order valence-corrected chi connectivity index (χ0v) is 17.7. The van der Waals surface area contributed by atoms with Gasteiger partial charge in [-0.3, -0.25) is 20.5 Å². The van der Waals surface area contributed by atoms with Crippen molar-refractivity contribution in [3.05, 3.63) is 48.3 Å². The average Bonchev–Trinajstić information content (AvgIpc) is 3.35. The molecule has 0 bridgehead atoms. The summed E-state index contributed by atoms with van der Waals surface area (Å²) in [5.41, 5.74) is 12.7. The summed E-state index contributed by atoms with van der Waals surface area (Å²) in [4.78, 5) is 30.7. The molecule has 3 aromatic rings. The van der Waals surface area contributed by atoms with Crippen LogP contribution in [0.3, 0.4) is 0 Å². The van der Waals surface area contributed by atoms with Crippen molar-refractivity contribution in [3.8, 4) is 11.1 Å². The van der Waals surface area contributed by atoms with E-state index in [0.29, 0.717) is 23.6 Å². The number of thiocarbonyl (C=S) groups is 1. The Bertz CT molecular complexity index is 1160. The summed E-state index contributed by atoms with van der Waals surface area (Å²) in [5, 5.41) is 4.32. The summed E-state index contributed by atoms with van der Waals surface area (Å²) in [6.45, 7) is 4.41. The van der Waals surface area contributed by atoms with Gasteiger partial charge in [-0.15, -0.1) is 0 Å². The molecular formula is C20H21N7O3S. The molecule has 1 unspecified atom stereocenters. The van der Waals surface area contributed by atoms with Crippen molar-refractivity contribution < 1.29 is 14.3 Å². The number of nitrogens with zero attached hydrogens (tertiary/aromatic N) is 4. The molecule has 0 aliphatic carbocycles. The number of ether oxygens (including phenoxy) is 1. The van der Waals surface area contributed by atoms with E-state index in [1.165, 1.54) is 0 Å². The normalized spacial score (nSPS) is 15.9. The van der Waals surface area contributed by atoms with Crippen LogP contribution < -0.4 is 21.5 Å². The molecule has 1 aliphatic heterocycles. The summed E-state index contributed by atoms with van der Waals surface area (Å²) in [6, 6.07) is 8.59. The van der Waals surface area contributed by atoms with Gasteiger partial charge in [0, 0.05) is 17.3 Å². The Morgan fingerprint density at radius 3 is 2.68 bits per heavy atom. The SMILES string of the molecule is CC(C)C1COC(=O)N1c1ccn2ncc(-c3ccc(C(=O)NNC(N)=S)cc3)c2n1. The van der Waals surface area contributed by atoms with Crippen LogP contribution in [0.15, 0.2) is 42.7 Å². The number of nitrogens with two attached hydrogens (primary N) is 1. The summed E-state index contributed by atoms with van der Waals surface area (Å²) < 4.78 is 6.87. The number of hydrogen-bond donors (Lipinski definition) is 3. The summed E-state index contributed by atoms with van der Waals surface area (Å²) in [5.74, 6) is 0.359. The van der Waals surface area contributed by atoms with Gasteiger partial charge in [0.15, 0.2) is 10.8 Å². The van der Waals surface area contributed by atoms with Gasteiger partial charge in [-0.1, -0.05) is 26.0 Å². The Balaban J connectivity index is 1.64. The van der Waals surface area contributed by atoms with Crippen molar-refractivity contribution in [1.82, 2.24) is 25.4 Å². The van der Waals surface area contributed by atoms with E-state index < -0.39 is 6.09 Å². The molecule has 1 saturated heterocycles. The fraction of sp³-hybridized carbons (Fsp3) is 0.250. The van der Waals surface area contributed by atoms with Crippen LogP contribution in [0.25, 0.3) is 16.8 Å².